The normalized spacial score (nSPS) is 10.4. The summed E-state index contributed by atoms with van der Waals surface area (Å²) in [6.45, 7) is 0. The Morgan fingerprint density at radius 3 is 2.38 bits per heavy atom. The van der Waals surface area contributed by atoms with Crippen molar-refractivity contribution in [3.05, 3.63) is 82.6 Å². The molecular formula is C19H17N3O2. The zero-order chi connectivity index (χ0) is 16.9. The van der Waals surface area contributed by atoms with Gasteiger partial charge in [0, 0.05) is 24.4 Å². The number of rotatable bonds is 4. The largest absolute Gasteiger partial charge is 0.326 e. The van der Waals surface area contributed by atoms with Gasteiger partial charge < -0.3 is 5.32 Å². The molecule has 0 aliphatic heterocycles. The van der Waals surface area contributed by atoms with Crippen LogP contribution in [0.4, 0.5) is 5.69 Å². The molecule has 5 heteroatoms. The Balaban J connectivity index is 1.69. The lowest BCUT2D eigenvalue weighted by molar-refractivity contribution is -0.115. The monoisotopic (exact) mass is 319 g/mol. The summed E-state index contributed by atoms with van der Waals surface area (Å²) >= 11 is 0. The van der Waals surface area contributed by atoms with Crippen LogP contribution in [0.5, 0.6) is 0 Å². The Bertz CT molecular complexity index is 900. The molecule has 24 heavy (non-hydrogen) atoms. The minimum Gasteiger partial charge on any atom is -0.326 e. The van der Waals surface area contributed by atoms with Crippen LogP contribution < -0.4 is 10.9 Å². The molecule has 0 unspecified atom stereocenters. The quantitative estimate of drug-likeness (QED) is 0.804. The molecule has 1 N–H and O–H groups in total. The van der Waals surface area contributed by atoms with Crippen LogP contribution in [0.1, 0.15) is 5.56 Å². The maximum Gasteiger partial charge on any atom is 0.266 e. The van der Waals surface area contributed by atoms with E-state index < -0.39 is 0 Å². The van der Waals surface area contributed by atoms with Crippen molar-refractivity contribution in [2.45, 2.75) is 6.42 Å². The highest BCUT2D eigenvalue weighted by Crippen LogP contribution is 2.18. The van der Waals surface area contributed by atoms with Crippen molar-refractivity contribution in [3.63, 3.8) is 0 Å². The number of hydrogen-bond acceptors (Lipinski definition) is 3. The number of carbonyl (C=O) groups excluding carboxylic acids is 1. The highest BCUT2D eigenvalue weighted by atomic mass is 16.1. The first-order valence-corrected chi connectivity index (χ1v) is 7.60. The standard InChI is InChI=1S/C19H17N3O2/c1-22-19(24)12-11-17(21-22)15-7-9-16(10-8-15)20-18(23)13-14-5-3-2-4-6-14/h2-12H,13H2,1H3,(H,20,23). The molecule has 2 aromatic carbocycles. The summed E-state index contributed by atoms with van der Waals surface area (Å²) in [5.74, 6) is -0.0609. The lowest BCUT2D eigenvalue weighted by Gasteiger charge is -2.07. The zero-order valence-corrected chi connectivity index (χ0v) is 13.3. The maximum absolute atomic E-state index is 12.1. The Hall–Kier alpha value is -3.21. The average molecular weight is 319 g/mol. The molecule has 1 heterocycles. The lowest BCUT2D eigenvalue weighted by atomic mass is 10.1. The van der Waals surface area contributed by atoms with Crippen LogP contribution in [-0.4, -0.2) is 15.7 Å². The first-order valence-electron chi connectivity index (χ1n) is 7.60. The van der Waals surface area contributed by atoms with E-state index in [-0.39, 0.29) is 11.5 Å². The van der Waals surface area contributed by atoms with Crippen LogP contribution >= 0.6 is 0 Å². The van der Waals surface area contributed by atoms with Gasteiger partial charge in [0.2, 0.25) is 5.91 Å². The van der Waals surface area contributed by atoms with E-state index >= 15 is 0 Å². The van der Waals surface area contributed by atoms with E-state index in [2.05, 4.69) is 10.4 Å². The van der Waals surface area contributed by atoms with Crippen molar-refractivity contribution in [1.29, 1.82) is 0 Å². The van der Waals surface area contributed by atoms with Crippen molar-refractivity contribution >= 4 is 11.6 Å². The van der Waals surface area contributed by atoms with Crippen LogP contribution in [0.2, 0.25) is 0 Å². The van der Waals surface area contributed by atoms with Crippen LogP contribution in [-0.2, 0) is 18.3 Å². The average Bonchev–Trinajstić information content (AvgIpc) is 2.59. The molecule has 3 aromatic rings. The van der Waals surface area contributed by atoms with E-state index in [9.17, 15) is 9.59 Å². The van der Waals surface area contributed by atoms with E-state index in [1.807, 2.05) is 54.6 Å². The van der Waals surface area contributed by atoms with Crippen molar-refractivity contribution < 1.29 is 4.79 Å². The number of aryl methyl sites for hydroxylation is 1. The highest BCUT2D eigenvalue weighted by molar-refractivity contribution is 5.92. The summed E-state index contributed by atoms with van der Waals surface area (Å²) in [7, 11) is 1.62. The molecule has 120 valence electrons. The molecule has 0 aliphatic carbocycles. The van der Waals surface area contributed by atoms with Crippen molar-refractivity contribution in [1.82, 2.24) is 9.78 Å². The number of nitrogens with one attached hydrogen (secondary N) is 1. The Morgan fingerprint density at radius 2 is 1.71 bits per heavy atom. The fourth-order valence-electron chi connectivity index (χ4n) is 2.37. The van der Waals surface area contributed by atoms with Crippen molar-refractivity contribution in [2.24, 2.45) is 7.05 Å². The third-order valence-electron chi connectivity index (χ3n) is 3.63. The SMILES string of the molecule is Cn1nc(-c2ccc(NC(=O)Cc3ccccc3)cc2)ccc1=O. The van der Waals surface area contributed by atoms with Gasteiger partial charge in [-0.1, -0.05) is 42.5 Å². The van der Waals surface area contributed by atoms with Gasteiger partial charge in [-0.15, -0.1) is 0 Å². The van der Waals surface area contributed by atoms with E-state index in [0.29, 0.717) is 12.1 Å². The topological polar surface area (TPSA) is 64.0 Å². The van der Waals surface area contributed by atoms with Gasteiger partial charge in [0.05, 0.1) is 12.1 Å². The number of amides is 1. The number of anilines is 1. The van der Waals surface area contributed by atoms with E-state index in [1.165, 1.54) is 10.7 Å². The molecule has 0 bridgehead atoms. The summed E-state index contributed by atoms with van der Waals surface area (Å²) in [6, 6.07) is 20.2. The second kappa shape index (κ2) is 6.91. The second-order valence-corrected chi connectivity index (χ2v) is 5.47. The molecule has 0 fully saturated rings. The van der Waals surface area contributed by atoms with Crippen molar-refractivity contribution in [2.75, 3.05) is 5.32 Å². The Labute approximate surface area is 139 Å². The summed E-state index contributed by atoms with van der Waals surface area (Å²) < 4.78 is 1.30. The molecule has 0 spiro atoms. The van der Waals surface area contributed by atoms with Gasteiger partial charge in [-0.2, -0.15) is 5.10 Å². The molecule has 1 amide bonds. The highest BCUT2D eigenvalue weighted by Gasteiger charge is 2.05. The van der Waals surface area contributed by atoms with Crippen LogP contribution in [0.15, 0.2) is 71.5 Å². The number of carbonyl (C=O) groups is 1. The van der Waals surface area contributed by atoms with Crippen molar-refractivity contribution in [3.8, 4) is 11.3 Å². The molecule has 0 saturated carbocycles. The third kappa shape index (κ3) is 3.76. The van der Waals surface area contributed by atoms with E-state index in [0.717, 1.165) is 16.8 Å². The Kier molecular flexibility index (Phi) is 4.52. The van der Waals surface area contributed by atoms with Gasteiger partial charge >= 0.3 is 0 Å². The predicted octanol–water partition coefficient (Wildman–Crippen LogP) is 2.63. The molecule has 0 aliphatic rings. The van der Waals surface area contributed by atoms with Gasteiger partial charge in [0.1, 0.15) is 0 Å². The fraction of sp³-hybridized carbons (Fsp3) is 0.105. The molecule has 0 saturated heterocycles. The van der Waals surface area contributed by atoms with Crippen LogP contribution in [0.3, 0.4) is 0 Å². The summed E-state index contributed by atoms with van der Waals surface area (Å²) in [5.41, 5.74) is 3.14. The zero-order valence-electron chi connectivity index (χ0n) is 13.3. The van der Waals surface area contributed by atoms with E-state index in [1.54, 1.807) is 13.1 Å². The molecular weight excluding hydrogens is 302 g/mol. The first-order chi connectivity index (χ1) is 11.6. The maximum atomic E-state index is 12.1. The van der Waals surface area contributed by atoms with Crippen LogP contribution in [0.25, 0.3) is 11.3 Å². The number of benzene rings is 2. The lowest BCUT2D eigenvalue weighted by Crippen LogP contribution is -2.18. The van der Waals surface area contributed by atoms with Gasteiger partial charge in [0.25, 0.3) is 5.56 Å². The van der Waals surface area contributed by atoms with Gasteiger partial charge in [-0.05, 0) is 23.8 Å². The third-order valence-corrected chi connectivity index (χ3v) is 3.63. The first kappa shape index (κ1) is 15.7. The summed E-state index contributed by atoms with van der Waals surface area (Å²) in [6.07, 6.45) is 0.338. The summed E-state index contributed by atoms with van der Waals surface area (Å²) in [4.78, 5) is 23.4. The fourth-order valence-corrected chi connectivity index (χ4v) is 2.37. The van der Waals surface area contributed by atoms with Crippen LogP contribution in [0, 0.1) is 0 Å². The molecule has 0 radical (unpaired) electrons. The van der Waals surface area contributed by atoms with Gasteiger partial charge in [-0.25, -0.2) is 4.68 Å². The second-order valence-electron chi connectivity index (χ2n) is 5.47. The van der Waals surface area contributed by atoms with E-state index in [4.69, 9.17) is 0 Å². The van der Waals surface area contributed by atoms with Gasteiger partial charge in [0.15, 0.2) is 0 Å². The minimum absolute atomic E-state index is 0.0609. The smallest absolute Gasteiger partial charge is 0.266 e. The number of aromatic nitrogens is 2. The minimum atomic E-state index is -0.149. The summed E-state index contributed by atoms with van der Waals surface area (Å²) in [5, 5.41) is 7.08. The Morgan fingerprint density at radius 1 is 1.00 bits per heavy atom. The molecule has 0 atom stereocenters. The van der Waals surface area contributed by atoms with Gasteiger partial charge in [-0.3, -0.25) is 9.59 Å². The number of hydrogen-bond donors (Lipinski definition) is 1. The number of nitrogens with zero attached hydrogens (tertiary/aromatic N) is 2. The predicted molar refractivity (Wildman–Crippen MR) is 93.7 cm³/mol. The molecule has 3 rings (SSSR count). The molecule has 5 nitrogen and oxygen atoms in total. The molecule has 1 aromatic heterocycles.